The molecule has 4 fully saturated rings. The van der Waals surface area contributed by atoms with Crippen molar-refractivity contribution in [3.8, 4) is 0 Å². The van der Waals surface area contributed by atoms with E-state index >= 15 is 0 Å². The van der Waals surface area contributed by atoms with E-state index in [1.54, 1.807) is 6.92 Å². The van der Waals surface area contributed by atoms with Crippen molar-refractivity contribution in [2.45, 2.75) is 84.2 Å². The van der Waals surface area contributed by atoms with E-state index in [9.17, 15) is 9.90 Å². The van der Waals surface area contributed by atoms with E-state index in [0.717, 1.165) is 25.7 Å². The number of ketones is 1. The molecule has 4 saturated carbocycles. The molecule has 8 atom stereocenters. The van der Waals surface area contributed by atoms with Crippen molar-refractivity contribution in [3.63, 3.8) is 0 Å². The summed E-state index contributed by atoms with van der Waals surface area (Å²) in [5.41, 5.74) is -1.03. The van der Waals surface area contributed by atoms with Gasteiger partial charge in [0.05, 0.1) is 14.9 Å². The van der Waals surface area contributed by atoms with Gasteiger partial charge in [0.1, 0.15) is 5.78 Å². The minimum atomic E-state index is -1.99. The van der Waals surface area contributed by atoms with Crippen LogP contribution in [-0.2, 0) is 9.53 Å². The maximum atomic E-state index is 12.3. The fourth-order valence-corrected chi connectivity index (χ4v) is 8.20. The predicted molar refractivity (Wildman–Crippen MR) is 103 cm³/mol. The molecule has 0 aromatic carbocycles. The molecule has 0 bridgehead atoms. The Labute approximate surface area is 162 Å². The number of fused-ring (bicyclic) bond motifs is 5. The topological polar surface area (TPSA) is 46.5 Å². The molecule has 1 N–H and O–H groups in total. The molecule has 4 rings (SSSR count). The molecule has 0 aromatic rings. The van der Waals surface area contributed by atoms with E-state index in [4.69, 9.17) is 7.48 Å². The number of methoxy groups -OCH3 is 1. The van der Waals surface area contributed by atoms with Gasteiger partial charge in [0.2, 0.25) is 0 Å². The van der Waals surface area contributed by atoms with Crippen LogP contribution in [0.3, 0.4) is 0 Å². The molecule has 0 saturated heterocycles. The Hall–Kier alpha value is -0.410. The van der Waals surface area contributed by atoms with E-state index in [0.29, 0.717) is 42.3 Å². The zero-order valence-corrected chi connectivity index (χ0v) is 17.0. The third-order valence-electron chi connectivity index (χ3n) is 9.51. The van der Waals surface area contributed by atoms with Crippen LogP contribution in [0.15, 0.2) is 0 Å². The monoisotopic (exact) mass is 364 g/mol. The van der Waals surface area contributed by atoms with Gasteiger partial charge in [0.15, 0.2) is 0 Å². The summed E-state index contributed by atoms with van der Waals surface area (Å²) in [7, 11) is 1.36. The predicted octanol–water partition coefficient (Wildman–Crippen LogP) is 4.61. The Morgan fingerprint density at radius 2 is 1.81 bits per heavy atom. The van der Waals surface area contributed by atoms with Crippen LogP contribution >= 0.6 is 0 Å². The highest BCUT2D eigenvalue weighted by Crippen LogP contribution is 2.68. The number of aliphatic hydroxyl groups is 1. The molecule has 0 amide bonds. The largest absolute Gasteiger partial charge is 0.387 e. The molecule has 0 aliphatic heterocycles. The fraction of sp³-hybridized carbons (Fsp3) is 0.957. The summed E-state index contributed by atoms with van der Waals surface area (Å²) in [5.74, 6) is 2.97. The van der Waals surface area contributed by atoms with Crippen LogP contribution in [0.2, 0.25) is 0 Å². The van der Waals surface area contributed by atoms with Crippen LogP contribution < -0.4 is 0 Å². The third-order valence-corrected chi connectivity index (χ3v) is 9.51. The molecule has 0 unspecified atom stereocenters. The lowest BCUT2D eigenvalue weighted by Gasteiger charge is -2.62. The lowest BCUT2D eigenvalue weighted by Crippen LogP contribution is -2.56. The van der Waals surface area contributed by atoms with Gasteiger partial charge in [-0.25, -0.2) is 0 Å². The van der Waals surface area contributed by atoms with Crippen LogP contribution in [0, 0.1) is 40.4 Å². The van der Waals surface area contributed by atoms with Crippen molar-refractivity contribution in [2.75, 3.05) is 13.7 Å². The minimum Gasteiger partial charge on any atom is -0.387 e. The molecule has 4 aliphatic rings. The zero-order chi connectivity index (χ0) is 20.5. The Balaban J connectivity index is 1.58. The number of carbonyl (C=O) groups is 1. The molecular weight excluding hydrogens is 324 g/mol. The second-order valence-electron chi connectivity index (χ2n) is 10.5. The Kier molecular flexibility index (Phi) is 4.01. The van der Waals surface area contributed by atoms with Gasteiger partial charge in [-0.1, -0.05) is 13.8 Å². The van der Waals surface area contributed by atoms with Crippen molar-refractivity contribution in [3.05, 3.63) is 0 Å². The molecule has 0 heterocycles. The van der Waals surface area contributed by atoms with Gasteiger partial charge in [-0.3, -0.25) is 4.79 Å². The van der Waals surface area contributed by atoms with Crippen LogP contribution in [0.1, 0.15) is 81.3 Å². The first-order valence-corrected chi connectivity index (χ1v) is 10.8. The highest BCUT2D eigenvalue weighted by molar-refractivity contribution is 5.79. The summed E-state index contributed by atoms with van der Waals surface area (Å²) in [4.78, 5) is 12.3. The molecule has 0 radical (unpaired) electrons. The van der Waals surface area contributed by atoms with Crippen LogP contribution in [0.25, 0.3) is 0 Å². The van der Waals surface area contributed by atoms with Crippen molar-refractivity contribution >= 4 is 5.78 Å². The molecule has 4 aliphatic carbocycles. The summed E-state index contributed by atoms with van der Waals surface area (Å²) < 4.78 is 21.4. The average molecular weight is 365 g/mol. The molecule has 0 aromatic heterocycles. The molecule has 3 nitrogen and oxygen atoms in total. The van der Waals surface area contributed by atoms with E-state index in [2.05, 4.69) is 13.8 Å². The van der Waals surface area contributed by atoms with Crippen LogP contribution in [0.4, 0.5) is 0 Å². The maximum absolute atomic E-state index is 12.3. The van der Waals surface area contributed by atoms with Crippen molar-refractivity contribution in [2.24, 2.45) is 40.4 Å². The second-order valence-corrected chi connectivity index (χ2v) is 10.5. The zero-order valence-electron chi connectivity index (χ0n) is 19.0. The number of hydrogen-bond acceptors (Lipinski definition) is 3. The Morgan fingerprint density at radius 3 is 2.50 bits per heavy atom. The van der Waals surface area contributed by atoms with Gasteiger partial charge in [0, 0.05) is 13.0 Å². The summed E-state index contributed by atoms with van der Waals surface area (Å²) in [6.07, 6.45) is 8.68. The number of hydrogen-bond donors (Lipinski definition) is 1. The quantitative estimate of drug-likeness (QED) is 0.795. The summed E-state index contributed by atoms with van der Waals surface area (Å²) in [6.45, 7) is 4.59. The SMILES string of the molecule is [2H]C([2H])(OC)[C@@]1(O)CC[C@@]2(C)[C@@H](CC[C@@H]3[C@@H]2CC[C@]2(C)[C@@H](C(C)=O)CC[C@@H]32)C1. The first-order chi connectivity index (χ1) is 13.0. The number of ether oxygens (including phenoxy) is 1. The van der Waals surface area contributed by atoms with Crippen molar-refractivity contribution in [1.82, 2.24) is 0 Å². The van der Waals surface area contributed by atoms with E-state index in [1.807, 2.05) is 0 Å². The van der Waals surface area contributed by atoms with Crippen molar-refractivity contribution in [1.29, 1.82) is 0 Å². The number of rotatable bonds is 3. The van der Waals surface area contributed by atoms with Gasteiger partial charge in [0.25, 0.3) is 0 Å². The van der Waals surface area contributed by atoms with Crippen LogP contribution in [0.5, 0.6) is 0 Å². The number of carbonyl (C=O) groups excluding carboxylic acids is 1. The molecule has 3 heteroatoms. The third kappa shape index (κ3) is 2.64. The van der Waals surface area contributed by atoms with E-state index < -0.39 is 12.2 Å². The summed E-state index contributed by atoms with van der Waals surface area (Å²) in [6, 6.07) is 0. The van der Waals surface area contributed by atoms with Crippen molar-refractivity contribution < 1.29 is 17.4 Å². The highest BCUT2D eigenvalue weighted by atomic mass is 16.5. The minimum absolute atomic E-state index is 0.175. The summed E-state index contributed by atoms with van der Waals surface area (Å²) in [5, 5.41) is 11.1. The normalized spacial score (nSPS) is 55.2. The standard InChI is InChI=1S/C23H38O3/c1-15(24)18-7-8-19-17-6-5-16-13-23(25,14-26-4)12-11-21(16,2)20(17)9-10-22(18,19)3/h16-20,25H,5-14H2,1-4H3/t16-,17-,18+,19-,20-,21-,22+,23+/m0/s1/i14D2. The van der Waals surface area contributed by atoms with Gasteiger partial charge in [-0.15, -0.1) is 0 Å². The molecule has 26 heavy (non-hydrogen) atoms. The highest BCUT2D eigenvalue weighted by Gasteiger charge is 2.61. The van der Waals surface area contributed by atoms with E-state index in [-0.39, 0.29) is 16.7 Å². The summed E-state index contributed by atoms with van der Waals surface area (Å²) >= 11 is 0. The van der Waals surface area contributed by atoms with Gasteiger partial charge in [-0.05, 0) is 99.2 Å². The Morgan fingerprint density at radius 1 is 1.08 bits per heavy atom. The smallest absolute Gasteiger partial charge is 0.133 e. The van der Waals surface area contributed by atoms with Crippen LogP contribution in [-0.4, -0.2) is 30.2 Å². The fourth-order valence-electron chi connectivity index (χ4n) is 8.20. The molecule has 0 spiro atoms. The van der Waals surface area contributed by atoms with E-state index in [1.165, 1.54) is 26.4 Å². The lowest BCUT2D eigenvalue weighted by atomic mass is 9.44. The van der Waals surface area contributed by atoms with Gasteiger partial charge >= 0.3 is 0 Å². The second kappa shape index (κ2) is 6.30. The first-order valence-electron chi connectivity index (χ1n) is 11.8. The Bertz CT molecular complexity index is 652. The average Bonchev–Trinajstić information content (AvgIpc) is 2.99. The maximum Gasteiger partial charge on any atom is 0.133 e. The number of Topliss-reactive ketones (excluding diaryl/α,β-unsaturated/α-hetero) is 1. The molecule has 148 valence electrons. The first kappa shape index (κ1) is 16.5. The van der Waals surface area contributed by atoms with Gasteiger partial charge in [-0.2, -0.15) is 0 Å². The lowest BCUT2D eigenvalue weighted by molar-refractivity contribution is -0.163. The molecular formula is C23H38O3. The van der Waals surface area contributed by atoms with Gasteiger partial charge < -0.3 is 9.84 Å².